The number of nitrogens with zero attached hydrogens (tertiary/aromatic N) is 4. The minimum atomic E-state index is 0.394. The molecule has 0 radical (unpaired) electrons. The van der Waals surface area contributed by atoms with Crippen molar-refractivity contribution in [1.82, 2.24) is 20.3 Å². The van der Waals surface area contributed by atoms with E-state index in [0.717, 1.165) is 25.2 Å². The molecule has 3 rings (SSSR count). The molecule has 1 N–H and O–H groups in total. The van der Waals surface area contributed by atoms with Crippen LogP contribution in [0, 0.1) is 0 Å². The summed E-state index contributed by atoms with van der Waals surface area (Å²) in [5.41, 5.74) is 5.18. The van der Waals surface area contributed by atoms with Crippen LogP contribution >= 0.6 is 0 Å². The van der Waals surface area contributed by atoms with Gasteiger partial charge in [0.05, 0.1) is 6.54 Å². The van der Waals surface area contributed by atoms with Gasteiger partial charge in [-0.25, -0.2) is 0 Å². The second-order valence-corrected chi connectivity index (χ2v) is 5.81. The van der Waals surface area contributed by atoms with Crippen LogP contribution in [-0.2, 0) is 20.0 Å². The second kappa shape index (κ2) is 5.85. The number of hydrogen-bond donors (Lipinski definition) is 1. The topological polar surface area (TPSA) is 46.0 Å². The van der Waals surface area contributed by atoms with E-state index >= 15 is 0 Å². The highest BCUT2D eigenvalue weighted by molar-refractivity contribution is 5.57. The van der Waals surface area contributed by atoms with Gasteiger partial charge in [0.1, 0.15) is 5.69 Å². The van der Waals surface area contributed by atoms with Crippen molar-refractivity contribution in [3.05, 3.63) is 41.2 Å². The van der Waals surface area contributed by atoms with Crippen LogP contribution in [0.4, 0.5) is 5.69 Å². The predicted octanol–water partition coefficient (Wildman–Crippen LogP) is 2.05. The van der Waals surface area contributed by atoms with E-state index in [9.17, 15) is 0 Å². The van der Waals surface area contributed by atoms with Crippen molar-refractivity contribution in [2.24, 2.45) is 7.05 Å². The molecule has 5 heteroatoms. The summed E-state index contributed by atoms with van der Waals surface area (Å²) in [7, 11) is 3.91. The van der Waals surface area contributed by atoms with Gasteiger partial charge in [0.15, 0.2) is 0 Å². The van der Waals surface area contributed by atoms with Gasteiger partial charge in [-0.1, -0.05) is 17.3 Å². The van der Waals surface area contributed by atoms with E-state index in [0.29, 0.717) is 6.04 Å². The van der Waals surface area contributed by atoms with Crippen molar-refractivity contribution in [1.29, 1.82) is 0 Å². The lowest BCUT2D eigenvalue weighted by Gasteiger charge is -2.31. The highest BCUT2D eigenvalue weighted by atomic mass is 15.4. The molecule has 0 saturated heterocycles. The minimum absolute atomic E-state index is 0.394. The Morgan fingerprint density at radius 1 is 1.38 bits per heavy atom. The summed E-state index contributed by atoms with van der Waals surface area (Å²) in [4.78, 5) is 2.41. The molecule has 1 atom stereocenters. The second-order valence-electron chi connectivity index (χ2n) is 5.81. The Kier molecular flexibility index (Phi) is 3.92. The zero-order chi connectivity index (χ0) is 14.8. The number of hydrogen-bond acceptors (Lipinski definition) is 4. The molecular weight excluding hydrogens is 262 g/mol. The fourth-order valence-corrected chi connectivity index (χ4v) is 2.96. The Balaban J connectivity index is 1.84. The van der Waals surface area contributed by atoms with E-state index in [2.05, 4.69) is 45.7 Å². The smallest absolute Gasteiger partial charge is 0.102 e. The maximum atomic E-state index is 4.20. The molecule has 0 amide bonds. The summed E-state index contributed by atoms with van der Waals surface area (Å²) >= 11 is 0. The Bertz CT molecular complexity index is 619. The number of aryl methyl sites for hydroxylation is 2. The van der Waals surface area contributed by atoms with Gasteiger partial charge in [0.25, 0.3) is 0 Å². The standard InChI is InChI=1S/C16H23N5/c1-12(17-2)13-6-7-16-14(9-13)5-4-8-21(16)11-15-10-20(3)19-18-15/h6-7,9-10,12,17H,4-5,8,11H2,1-3H3. The maximum Gasteiger partial charge on any atom is 0.102 e. The van der Waals surface area contributed by atoms with E-state index < -0.39 is 0 Å². The normalized spacial score (nSPS) is 15.9. The van der Waals surface area contributed by atoms with Crippen molar-refractivity contribution in [3.8, 4) is 0 Å². The summed E-state index contributed by atoms with van der Waals surface area (Å²) in [5.74, 6) is 0. The van der Waals surface area contributed by atoms with Gasteiger partial charge in [-0.05, 0) is 44.0 Å². The molecule has 1 aliphatic heterocycles. The number of benzene rings is 1. The van der Waals surface area contributed by atoms with E-state index in [1.807, 2.05) is 20.3 Å². The fraction of sp³-hybridized carbons (Fsp3) is 0.500. The summed E-state index contributed by atoms with van der Waals surface area (Å²) in [6.07, 6.45) is 4.35. The Morgan fingerprint density at radius 3 is 2.95 bits per heavy atom. The third-order valence-electron chi connectivity index (χ3n) is 4.25. The lowest BCUT2D eigenvalue weighted by Crippen LogP contribution is -2.29. The Hall–Kier alpha value is -1.88. The molecule has 0 fully saturated rings. The van der Waals surface area contributed by atoms with Crippen LogP contribution < -0.4 is 10.2 Å². The van der Waals surface area contributed by atoms with Crippen LogP contribution in [0.5, 0.6) is 0 Å². The molecule has 21 heavy (non-hydrogen) atoms. The average molecular weight is 285 g/mol. The zero-order valence-electron chi connectivity index (χ0n) is 13.0. The van der Waals surface area contributed by atoms with Crippen LogP contribution in [0.3, 0.4) is 0 Å². The first-order valence-corrected chi connectivity index (χ1v) is 7.57. The fourth-order valence-electron chi connectivity index (χ4n) is 2.96. The molecule has 5 nitrogen and oxygen atoms in total. The molecule has 112 valence electrons. The van der Waals surface area contributed by atoms with Crippen molar-refractivity contribution in [2.45, 2.75) is 32.4 Å². The lowest BCUT2D eigenvalue weighted by atomic mass is 9.97. The quantitative estimate of drug-likeness (QED) is 0.934. The monoisotopic (exact) mass is 285 g/mol. The van der Waals surface area contributed by atoms with Crippen molar-refractivity contribution in [3.63, 3.8) is 0 Å². The van der Waals surface area contributed by atoms with Gasteiger partial charge in [-0.3, -0.25) is 4.68 Å². The summed E-state index contributed by atoms with van der Waals surface area (Å²) in [6, 6.07) is 7.23. The van der Waals surface area contributed by atoms with Gasteiger partial charge >= 0.3 is 0 Å². The van der Waals surface area contributed by atoms with Crippen molar-refractivity contribution >= 4 is 5.69 Å². The van der Waals surface area contributed by atoms with Gasteiger partial charge in [0, 0.05) is 31.5 Å². The zero-order valence-corrected chi connectivity index (χ0v) is 13.0. The predicted molar refractivity (Wildman–Crippen MR) is 84.3 cm³/mol. The van der Waals surface area contributed by atoms with E-state index in [1.54, 1.807) is 4.68 Å². The lowest BCUT2D eigenvalue weighted by molar-refractivity contribution is 0.644. The number of nitrogens with one attached hydrogen (secondary N) is 1. The molecule has 0 saturated carbocycles. The molecule has 2 aromatic rings. The maximum absolute atomic E-state index is 4.20. The van der Waals surface area contributed by atoms with Crippen LogP contribution in [0.25, 0.3) is 0 Å². The summed E-state index contributed by atoms with van der Waals surface area (Å²) in [6.45, 7) is 4.12. The first kappa shape index (κ1) is 14.1. The molecule has 0 aliphatic carbocycles. The first-order valence-electron chi connectivity index (χ1n) is 7.57. The number of rotatable bonds is 4. The number of anilines is 1. The van der Waals surface area contributed by atoms with Crippen LogP contribution in [0.2, 0.25) is 0 Å². The first-order chi connectivity index (χ1) is 10.2. The Morgan fingerprint density at radius 2 is 2.24 bits per heavy atom. The molecular formula is C16H23N5. The number of aromatic nitrogens is 3. The third kappa shape index (κ3) is 2.93. The van der Waals surface area contributed by atoms with Gasteiger partial charge in [-0.15, -0.1) is 5.10 Å². The van der Waals surface area contributed by atoms with Crippen LogP contribution in [0.15, 0.2) is 24.4 Å². The molecule has 1 aliphatic rings. The third-order valence-corrected chi connectivity index (χ3v) is 4.25. The molecule has 1 unspecified atom stereocenters. The van der Waals surface area contributed by atoms with Crippen LogP contribution in [0.1, 0.15) is 36.2 Å². The van der Waals surface area contributed by atoms with Crippen molar-refractivity contribution in [2.75, 3.05) is 18.5 Å². The largest absolute Gasteiger partial charge is 0.365 e. The highest BCUT2D eigenvalue weighted by Gasteiger charge is 2.19. The Labute approximate surface area is 126 Å². The average Bonchev–Trinajstić information content (AvgIpc) is 2.91. The number of fused-ring (bicyclic) bond motifs is 1. The molecule has 1 aromatic carbocycles. The minimum Gasteiger partial charge on any atom is -0.365 e. The molecule has 0 spiro atoms. The van der Waals surface area contributed by atoms with Crippen molar-refractivity contribution < 1.29 is 0 Å². The molecule has 0 bridgehead atoms. The molecule has 2 heterocycles. The van der Waals surface area contributed by atoms with Gasteiger partial charge in [-0.2, -0.15) is 0 Å². The van der Waals surface area contributed by atoms with Gasteiger partial charge in [0.2, 0.25) is 0 Å². The van der Waals surface area contributed by atoms with E-state index in [-0.39, 0.29) is 0 Å². The molecule has 1 aromatic heterocycles. The van der Waals surface area contributed by atoms with E-state index in [4.69, 9.17) is 0 Å². The van der Waals surface area contributed by atoms with Gasteiger partial charge < -0.3 is 10.2 Å². The summed E-state index contributed by atoms with van der Waals surface area (Å²) < 4.78 is 1.76. The van der Waals surface area contributed by atoms with E-state index in [1.165, 1.54) is 23.2 Å². The highest BCUT2D eigenvalue weighted by Crippen LogP contribution is 2.30. The summed E-state index contributed by atoms with van der Waals surface area (Å²) in [5, 5.41) is 11.5. The SMILES string of the molecule is CNC(C)c1ccc2c(c1)CCCN2Cc1cn(C)nn1. The van der Waals surface area contributed by atoms with Crippen LogP contribution in [-0.4, -0.2) is 28.6 Å².